The van der Waals surface area contributed by atoms with Crippen molar-refractivity contribution >= 4 is 11.6 Å². The number of para-hydroxylation sites is 2. The highest BCUT2D eigenvalue weighted by atomic mass is 35.5. The molecule has 78 valence electrons. The van der Waals surface area contributed by atoms with E-state index in [2.05, 4.69) is 4.74 Å². The van der Waals surface area contributed by atoms with Gasteiger partial charge in [-0.3, -0.25) is 0 Å². The minimum atomic E-state index is -4.73. The van der Waals surface area contributed by atoms with Crippen molar-refractivity contribution in [3.05, 3.63) is 24.3 Å². The van der Waals surface area contributed by atoms with E-state index >= 15 is 0 Å². The zero-order valence-electron chi connectivity index (χ0n) is 6.84. The molecule has 0 atom stereocenters. The summed E-state index contributed by atoms with van der Waals surface area (Å²) in [4.78, 5) is 0. The fourth-order valence-electron chi connectivity index (χ4n) is 0.837. The number of benzene rings is 1. The van der Waals surface area contributed by atoms with Crippen molar-refractivity contribution < 1.29 is 22.6 Å². The van der Waals surface area contributed by atoms with Crippen molar-refractivity contribution in [2.75, 3.05) is 6.07 Å². The Balaban J connectivity index is 2.84. The van der Waals surface area contributed by atoms with Crippen molar-refractivity contribution in [2.45, 2.75) is 6.36 Å². The minimum absolute atomic E-state index is 0.0418. The van der Waals surface area contributed by atoms with Crippen LogP contribution in [0.3, 0.4) is 0 Å². The third kappa shape index (κ3) is 3.33. The Morgan fingerprint density at radius 1 is 1.14 bits per heavy atom. The third-order valence-corrected chi connectivity index (χ3v) is 1.39. The molecule has 0 aliphatic heterocycles. The summed E-state index contributed by atoms with van der Waals surface area (Å²) in [6, 6.07) is 5.17. The quantitative estimate of drug-likeness (QED) is 0.737. The van der Waals surface area contributed by atoms with Gasteiger partial charge in [0.25, 0.3) is 0 Å². The third-order valence-electron chi connectivity index (χ3n) is 1.28. The lowest BCUT2D eigenvalue weighted by molar-refractivity contribution is -0.275. The summed E-state index contributed by atoms with van der Waals surface area (Å²) in [6.07, 6.45) is -4.73. The van der Waals surface area contributed by atoms with Crippen molar-refractivity contribution in [1.82, 2.24) is 0 Å². The summed E-state index contributed by atoms with van der Waals surface area (Å²) in [7, 11) is 0. The van der Waals surface area contributed by atoms with Gasteiger partial charge in [0.05, 0.1) is 0 Å². The molecule has 14 heavy (non-hydrogen) atoms. The molecule has 0 aliphatic carbocycles. The molecular weight excluding hydrogens is 221 g/mol. The minimum Gasteiger partial charge on any atom is -0.474 e. The highest BCUT2D eigenvalue weighted by Gasteiger charge is 2.32. The smallest absolute Gasteiger partial charge is 0.474 e. The monoisotopic (exact) mass is 226 g/mol. The van der Waals surface area contributed by atoms with Gasteiger partial charge in [0, 0.05) is 0 Å². The van der Waals surface area contributed by atoms with Crippen LogP contribution in [-0.2, 0) is 0 Å². The van der Waals surface area contributed by atoms with Crippen LogP contribution in [0.1, 0.15) is 0 Å². The summed E-state index contributed by atoms with van der Waals surface area (Å²) in [6.45, 7) is 0. The lowest BCUT2D eigenvalue weighted by atomic mass is 10.3. The van der Waals surface area contributed by atoms with Crippen LogP contribution in [0, 0.1) is 0 Å². The van der Waals surface area contributed by atoms with Crippen LogP contribution in [-0.4, -0.2) is 12.4 Å². The Bertz CT molecular complexity index is 301. The van der Waals surface area contributed by atoms with Crippen molar-refractivity contribution in [2.24, 2.45) is 0 Å². The molecule has 0 N–H and O–H groups in total. The summed E-state index contributed by atoms with van der Waals surface area (Å²) in [5.41, 5.74) is 0. The summed E-state index contributed by atoms with van der Waals surface area (Å²) < 4.78 is 44.0. The maximum atomic E-state index is 11.9. The second-order valence-electron chi connectivity index (χ2n) is 2.25. The van der Waals surface area contributed by atoms with Gasteiger partial charge in [-0.25, -0.2) is 0 Å². The molecule has 0 amide bonds. The number of rotatable bonds is 3. The van der Waals surface area contributed by atoms with E-state index in [-0.39, 0.29) is 11.8 Å². The molecule has 0 unspecified atom stereocenters. The Kier molecular flexibility index (Phi) is 3.46. The standard InChI is InChI=1S/C8H6ClF3O2/c9-5-13-6-3-1-2-4-7(6)14-8(10,11)12/h1-4H,5H2. The highest BCUT2D eigenvalue weighted by Crippen LogP contribution is 2.31. The van der Waals surface area contributed by atoms with Gasteiger partial charge in [0.1, 0.15) is 0 Å². The number of ether oxygens (including phenoxy) is 2. The summed E-state index contributed by atoms with van der Waals surface area (Å²) >= 11 is 5.22. The van der Waals surface area contributed by atoms with Crippen LogP contribution in [0.25, 0.3) is 0 Å². The van der Waals surface area contributed by atoms with Crippen LogP contribution >= 0.6 is 11.6 Å². The van der Waals surface area contributed by atoms with E-state index in [4.69, 9.17) is 16.3 Å². The number of hydrogen-bond acceptors (Lipinski definition) is 2. The van der Waals surface area contributed by atoms with E-state index in [0.29, 0.717) is 0 Å². The normalized spacial score (nSPS) is 11.1. The van der Waals surface area contributed by atoms with Crippen molar-refractivity contribution in [3.63, 3.8) is 0 Å². The van der Waals surface area contributed by atoms with Gasteiger partial charge < -0.3 is 9.47 Å². The Labute approximate surface area is 83.2 Å². The molecule has 0 aromatic heterocycles. The van der Waals surface area contributed by atoms with E-state index in [0.717, 1.165) is 6.07 Å². The van der Waals surface area contributed by atoms with E-state index in [9.17, 15) is 13.2 Å². The average Bonchev–Trinajstić information content (AvgIpc) is 2.06. The zero-order chi connectivity index (χ0) is 10.6. The molecule has 0 radical (unpaired) electrons. The predicted octanol–water partition coefficient (Wildman–Crippen LogP) is 3.16. The number of alkyl halides is 4. The van der Waals surface area contributed by atoms with E-state index in [1.807, 2.05) is 0 Å². The van der Waals surface area contributed by atoms with Crippen LogP contribution in [0.15, 0.2) is 24.3 Å². The first-order chi connectivity index (χ1) is 6.53. The summed E-state index contributed by atoms with van der Waals surface area (Å²) in [5, 5.41) is 0. The second kappa shape index (κ2) is 4.41. The molecule has 0 spiro atoms. The number of halogens is 4. The van der Waals surface area contributed by atoms with Gasteiger partial charge in [0.15, 0.2) is 17.6 Å². The van der Waals surface area contributed by atoms with Gasteiger partial charge in [-0.05, 0) is 12.1 Å². The lowest BCUT2D eigenvalue weighted by Crippen LogP contribution is -2.17. The molecule has 0 saturated carbocycles. The van der Waals surface area contributed by atoms with Gasteiger partial charge in [-0.2, -0.15) is 0 Å². The Morgan fingerprint density at radius 3 is 2.21 bits per heavy atom. The fourth-order valence-corrected chi connectivity index (χ4v) is 0.955. The summed E-state index contributed by atoms with van der Waals surface area (Å²) in [5.74, 6) is -0.444. The van der Waals surface area contributed by atoms with Crippen molar-refractivity contribution in [1.29, 1.82) is 0 Å². The first-order valence-electron chi connectivity index (χ1n) is 3.56. The Morgan fingerprint density at radius 2 is 1.71 bits per heavy atom. The van der Waals surface area contributed by atoms with Gasteiger partial charge in [-0.15, -0.1) is 13.2 Å². The Hall–Kier alpha value is -1.10. The molecule has 2 nitrogen and oxygen atoms in total. The molecule has 0 bridgehead atoms. The van der Waals surface area contributed by atoms with Crippen LogP contribution in [0.4, 0.5) is 13.2 Å². The average molecular weight is 227 g/mol. The first kappa shape index (κ1) is 11.0. The van der Waals surface area contributed by atoms with Crippen LogP contribution in [0.2, 0.25) is 0 Å². The maximum Gasteiger partial charge on any atom is 0.573 e. The lowest BCUT2D eigenvalue weighted by Gasteiger charge is -2.12. The maximum absolute atomic E-state index is 11.9. The largest absolute Gasteiger partial charge is 0.573 e. The SMILES string of the molecule is FC(F)(F)Oc1ccccc1OCCl. The predicted molar refractivity (Wildman–Crippen MR) is 44.5 cm³/mol. The molecule has 0 aliphatic rings. The van der Waals surface area contributed by atoms with Crippen LogP contribution < -0.4 is 9.47 Å². The van der Waals surface area contributed by atoms with Gasteiger partial charge in [-0.1, -0.05) is 23.7 Å². The van der Waals surface area contributed by atoms with Crippen molar-refractivity contribution in [3.8, 4) is 11.5 Å². The molecule has 6 heteroatoms. The molecular formula is C8H6ClF3O2. The molecule has 0 fully saturated rings. The van der Waals surface area contributed by atoms with E-state index in [1.165, 1.54) is 18.2 Å². The van der Waals surface area contributed by atoms with Gasteiger partial charge in [0.2, 0.25) is 0 Å². The highest BCUT2D eigenvalue weighted by molar-refractivity contribution is 6.17. The molecule has 1 aromatic rings. The second-order valence-corrected chi connectivity index (χ2v) is 2.47. The topological polar surface area (TPSA) is 18.5 Å². The van der Waals surface area contributed by atoms with E-state index in [1.54, 1.807) is 0 Å². The molecule has 1 rings (SSSR count). The molecule has 1 aromatic carbocycles. The fraction of sp³-hybridized carbons (Fsp3) is 0.250. The zero-order valence-corrected chi connectivity index (χ0v) is 7.60. The van der Waals surface area contributed by atoms with E-state index < -0.39 is 12.1 Å². The van der Waals surface area contributed by atoms with Crippen LogP contribution in [0.5, 0.6) is 11.5 Å². The van der Waals surface area contributed by atoms with Gasteiger partial charge >= 0.3 is 6.36 Å². The molecule has 0 saturated heterocycles. The first-order valence-corrected chi connectivity index (χ1v) is 4.10. The molecule has 0 heterocycles. The number of hydrogen-bond donors (Lipinski definition) is 0.